The quantitative estimate of drug-likeness (QED) is 0.596. The Hall–Kier alpha value is -1.95. The summed E-state index contributed by atoms with van der Waals surface area (Å²) in [6, 6.07) is 8.51. The van der Waals surface area contributed by atoms with Crippen molar-refractivity contribution in [3.8, 4) is 0 Å². The standard InChI is InChI=1S/C21H30BrN7O2S/c1-27-11-13-28(14-12-27)18-5-3-16(4-6-18)25-21-23-15-19(22)20(26-21)24-17-7-9-29(10-8-17)32(2,30)31/h3-6,15,17H,7-14H2,1-2H3,(H2,23,24,25,26). The Labute approximate surface area is 198 Å². The minimum absolute atomic E-state index is 0.162. The maximum atomic E-state index is 11.7. The number of benzene rings is 1. The lowest BCUT2D eigenvalue weighted by Gasteiger charge is -2.34. The lowest BCUT2D eigenvalue weighted by molar-refractivity contribution is 0.313. The molecule has 0 aliphatic carbocycles. The first-order valence-electron chi connectivity index (χ1n) is 10.8. The van der Waals surface area contributed by atoms with Crippen LogP contribution in [0.3, 0.4) is 0 Å². The lowest BCUT2D eigenvalue weighted by Crippen LogP contribution is -2.44. The molecule has 1 aromatic carbocycles. The van der Waals surface area contributed by atoms with Crippen molar-refractivity contribution in [2.24, 2.45) is 0 Å². The zero-order valence-electron chi connectivity index (χ0n) is 18.5. The van der Waals surface area contributed by atoms with Crippen molar-refractivity contribution in [3.05, 3.63) is 34.9 Å². The zero-order valence-corrected chi connectivity index (χ0v) is 20.9. The average molecular weight is 524 g/mol. The molecule has 3 heterocycles. The van der Waals surface area contributed by atoms with E-state index in [0.29, 0.717) is 24.9 Å². The summed E-state index contributed by atoms with van der Waals surface area (Å²) in [7, 11) is -0.972. The molecule has 2 N–H and O–H groups in total. The first-order valence-corrected chi connectivity index (χ1v) is 13.5. The number of hydrogen-bond donors (Lipinski definition) is 2. The third-order valence-electron chi connectivity index (χ3n) is 6.00. The van der Waals surface area contributed by atoms with E-state index in [4.69, 9.17) is 0 Å². The van der Waals surface area contributed by atoms with Crippen molar-refractivity contribution in [2.75, 3.05) is 68.1 Å². The smallest absolute Gasteiger partial charge is 0.229 e. The van der Waals surface area contributed by atoms with E-state index in [-0.39, 0.29) is 6.04 Å². The van der Waals surface area contributed by atoms with E-state index in [2.05, 4.69) is 65.5 Å². The molecule has 0 spiro atoms. The SMILES string of the molecule is CN1CCN(c2ccc(Nc3ncc(Br)c(NC4CCN(S(C)(=O)=O)CC4)n3)cc2)CC1. The molecule has 2 fully saturated rings. The highest BCUT2D eigenvalue weighted by Crippen LogP contribution is 2.26. The van der Waals surface area contributed by atoms with Crippen LogP contribution in [0, 0.1) is 0 Å². The van der Waals surface area contributed by atoms with Gasteiger partial charge in [0.25, 0.3) is 0 Å². The van der Waals surface area contributed by atoms with Crippen LogP contribution < -0.4 is 15.5 Å². The van der Waals surface area contributed by atoms with Crippen molar-refractivity contribution in [1.29, 1.82) is 0 Å². The Balaban J connectivity index is 1.36. The van der Waals surface area contributed by atoms with Gasteiger partial charge in [-0.1, -0.05) is 0 Å². The summed E-state index contributed by atoms with van der Waals surface area (Å²) in [5, 5.41) is 6.71. The molecule has 174 valence electrons. The fourth-order valence-corrected chi connectivity index (χ4v) is 5.18. The lowest BCUT2D eigenvalue weighted by atomic mass is 10.1. The molecule has 32 heavy (non-hydrogen) atoms. The van der Waals surface area contributed by atoms with E-state index in [0.717, 1.165) is 49.2 Å². The number of nitrogens with zero attached hydrogens (tertiary/aromatic N) is 5. The van der Waals surface area contributed by atoms with E-state index < -0.39 is 10.0 Å². The Morgan fingerprint density at radius 2 is 1.69 bits per heavy atom. The van der Waals surface area contributed by atoms with Gasteiger partial charge in [0.1, 0.15) is 5.82 Å². The first-order chi connectivity index (χ1) is 15.3. The molecule has 4 rings (SSSR count). The number of aromatic nitrogens is 2. The number of piperazine rings is 1. The summed E-state index contributed by atoms with van der Waals surface area (Å²) < 4.78 is 25.7. The van der Waals surface area contributed by atoms with Gasteiger partial charge in [0, 0.05) is 62.9 Å². The molecule has 2 aromatic rings. The molecule has 0 unspecified atom stereocenters. The minimum atomic E-state index is -3.13. The van der Waals surface area contributed by atoms with Crippen LogP contribution >= 0.6 is 15.9 Å². The fraction of sp³-hybridized carbons (Fsp3) is 0.524. The summed E-state index contributed by atoms with van der Waals surface area (Å²) in [6.07, 6.45) is 4.46. The number of halogens is 1. The van der Waals surface area contributed by atoms with Crippen LogP contribution in [0.5, 0.6) is 0 Å². The van der Waals surface area contributed by atoms with Crippen LogP contribution in [0.2, 0.25) is 0 Å². The molecular weight excluding hydrogens is 494 g/mol. The highest BCUT2D eigenvalue weighted by molar-refractivity contribution is 9.10. The summed E-state index contributed by atoms with van der Waals surface area (Å²) in [5.74, 6) is 1.21. The average Bonchev–Trinajstić information content (AvgIpc) is 2.77. The van der Waals surface area contributed by atoms with Gasteiger partial charge in [-0.05, 0) is 60.1 Å². The van der Waals surface area contributed by atoms with Crippen LogP contribution in [0.1, 0.15) is 12.8 Å². The second-order valence-corrected chi connectivity index (χ2v) is 11.3. The molecule has 2 aliphatic heterocycles. The molecule has 0 atom stereocenters. The van der Waals surface area contributed by atoms with Crippen LogP contribution in [-0.4, -0.2) is 86.2 Å². The van der Waals surface area contributed by atoms with Crippen LogP contribution in [-0.2, 0) is 10.0 Å². The summed E-state index contributed by atoms with van der Waals surface area (Å²) in [5.41, 5.74) is 2.15. The highest BCUT2D eigenvalue weighted by Gasteiger charge is 2.25. The number of likely N-dealkylation sites (N-methyl/N-ethyl adjacent to an activating group) is 1. The normalized spacial score (nSPS) is 19.2. The van der Waals surface area contributed by atoms with Gasteiger partial charge in [-0.15, -0.1) is 0 Å². The Morgan fingerprint density at radius 1 is 1.03 bits per heavy atom. The predicted octanol–water partition coefficient (Wildman–Crippen LogP) is 2.57. The third-order valence-corrected chi connectivity index (χ3v) is 7.88. The van der Waals surface area contributed by atoms with Gasteiger partial charge in [0.2, 0.25) is 16.0 Å². The van der Waals surface area contributed by atoms with Crippen molar-refractivity contribution in [3.63, 3.8) is 0 Å². The maximum absolute atomic E-state index is 11.7. The monoisotopic (exact) mass is 523 g/mol. The van der Waals surface area contributed by atoms with Crippen molar-refractivity contribution in [1.82, 2.24) is 19.2 Å². The molecule has 11 heteroatoms. The number of rotatable bonds is 6. The minimum Gasteiger partial charge on any atom is -0.369 e. The maximum Gasteiger partial charge on any atom is 0.229 e. The van der Waals surface area contributed by atoms with Crippen LogP contribution in [0.4, 0.5) is 23.1 Å². The van der Waals surface area contributed by atoms with Gasteiger partial charge >= 0.3 is 0 Å². The molecular formula is C21H30BrN7O2S. The Bertz CT molecular complexity index is 1020. The van der Waals surface area contributed by atoms with Gasteiger partial charge < -0.3 is 20.4 Å². The Kier molecular flexibility index (Phi) is 7.18. The molecule has 9 nitrogen and oxygen atoms in total. The second kappa shape index (κ2) is 9.90. The zero-order chi connectivity index (χ0) is 22.7. The first kappa shape index (κ1) is 23.2. The Morgan fingerprint density at radius 3 is 2.31 bits per heavy atom. The van der Waals surface area contributed by atoms with E-state index in [1.165, 1.54) is 16.2 Å². The van der Waals surface area contributed by atoms with E-state index in [9.17, 15) is 8.42 Å². The van der Waals surface area contributed by atoms with E-state index in [1.54, 1.807) is 6.20 Å². The number of sulfonamides is 1. The highest BCUT2D eigenvalue weighted by atomic mass is 79.9. The second-order valence-electron chi connectivity index (χ2n) is 8.43. The molecule has 1 aromatic heterocycles. The third kappa shape index (κ3) is 5.89. The van der Waals surface area contributed by atoms with Gasteiger partial charge in [-0.25, -0.2) is 17.7 Å². The van der Waals surface area contributed by atoms with Gasteiger partial charge in [-0.2, -0.15) is 4.98 Å². The van der Waals surface area contributed by atoms with Crippen LogP contribution in [0.25, 0.3) is 0 Å². The molecule has 0 saturated carbocycles. The fourth-order valence-electron chi connectivity index (χ4n) is 4.00. The van der Waals surface area contributed by atoms with Crippen molar-refractivity contribution >= 4 is 49.1 Å². The van der Waals surface area contributed by atoms with Gasteiger partial charge in [0.15, 0.2) is 0 Å². The molecule has 0 bridgehead atoms. The van der Waals surface area contributed by atoms with E-state index >= 15 is 0 Å². The summed E-state index contributed by atoms with van der Waals surface area (Å²) in [4.78, 5) is 13.7. The number of anilines is 4. The molecule has 0 radical (unpaired) electrons. The molecule has 2 aliphatic rings. The number of piperidine rings is 1. The van der Waals surface area contributed by atoms with Crippen molar-refractivity contribution < 1.29 is 8.42 Å². The van der Waals surface area contributed by atoms with Crippen LogP contribution in [0.15, 0.2) is 34.9 Å². The largest absolute Gasteiger partial charge is 0.369 e. The molecule has 2 saturated heterocycles. The van der Waals surface area contributed by atoms with Crippen molar-refractivity contribution in [2.45, 2.75) is 18.9 Å². The topological polar surface area (TPSA) is 93.7 Å². The number of nitrogens with one attached hydrogen (secondary N) is 2. The van der Waals surface area contributed by atoms with E-state index in [1.807, 2.05) is 12.1 Å². The van der Waals surface area contributed by atoms with Gasteiger partial charge in [0.05, 0.1) is 10.7 Å². The summed E-state index contributed by atoms with van der Waals surface area (Å²) >= 11 is 3.51. The number of hydrogen-bond acceptors (Lipinski definition) is 8. The summed E-state index contributed by atoms with van der Waals surface area (Å²) in [6.45, 7) is 5.27. The molecule has 0 amide bonds. The predicted molar refractivity (Wildman–Crippen MR) is 132 cm³/mol. The van der Waals surface area contributed by atoms with Gasteiger partial charge in [-0.3, -0.25) is 0 Å².